The summed E-state index contributed by atoms with van der Waals surface area (Å²) in [6.45, 7) is 3.51. The predicted octanol–water partition coefficient (Wildman–Crippen LogP) is 1.98. The van der Waals surface area contributed by atoms with Crippen molar-refractivity contribution in [3.8, 4) is 0 Å². The van der Waals surface area contributed by atoms with Crippen LogP contribution in [0.3, 0.4) is 0 Å². The SMILES string of the molecule is CC1(N)CCCCC1C(=O)Nc1cccc(CN2CCCC2C(N)=O)c1. The molecule has 2 aliphatic rings. The van der Waals surface area contributed by atoms with Gasteiger partial charge in [0, 0.05) is 17.8 Å². The highest BCUT2D eigenvalue weighted by Gasteiger charge is 2.37. The van der Waals surface area contributed by atoms with E-state index < -0.39 is 5.54 Å². The van der Waals surface area contributed by atoms with Crippen LogP contribution in [0.25, 0.3) is 0 Å². The molecule has 26 heavy (non-hydrogen) atoms. The Morgan fingerprint density at radius 1 is 1.27 bits per heavy atom. The van der Waals surface area contributed by atoms with E-state index in [0.29, 0.717) is 6.54 Å². The average Bonchev–Trinajstić information content (AvgIpc) is 3.03. The van der Waals surface area contributed by atoms with Crippen molar-refractivity contribution >= 4 is 17.5 Å². The monoisotopic (exact) mass is 358 g/mol. The lowest BCUT2D eigenvalue weighted by Crippen LogP contribution is -2.51. The number of anilines is 1. The number of rotatable bonds is 5. The average molecular weight is 358 g/mol. The fourth-order valence-corrected chi connectivity index (χ4v) is 4.34. The Balaban J connectivity index is 1.66. The van der Waals surface area contributed by atoms with Gasteiger partial charge < -0.3 is 16.8 Å². The Bertz CT molecular complexity index is 674. The van der Waals surface area contributed by atoms with Gasteiger partial charge in [-0.3, -0.25) is 14.5 Å². The van der Waals surface area contributed by atoms with Crippen LogP contribution >= 0.6 is 0 Å². The topological polar surface area (TPSA) is 101 Å². The molecule has 1 aromatic carbocycles. The number of nitrogens with zero attached hydrogens (tertiary/aromatic N) is 1. The van der Waals surface area contributed by atoms with E-state index in [0.717, 1.165) is 56.3 Å². The highest BCUT2D eigenvalue weighted by molar-refractivity contribution is 5.93. The third kappa shape index (κ3) is 4.24. The van der Waals surface area contributed by atoms with Crippen LogP contribution in [0.5, 0.6) is 0 Å². The zero-order valence-electron chi connectivity index (χ0n) is 15.5. The second-order valence-corrected chi connectivity index (χ2v) is 8.02. The third-order valence-corrected chi connectivity index (χ3v) is 5.84. The van der Waals surface area contributed by atoms with E-state index in [-0.39, 0.29) is 23.8 Å². The van der Waals surface area contributed by atoms with E-state index in [1.807, 2.05) is 31.2 Å². The van der Waals surface area contributed by atoms with E-state index in [4.69, 9.17) is 11.5 Å². The van der Waals surface area contributed by atoms with E-state index >= 15 is 0 Å². The largest absolute Gasteiger partial charge is 0.368 e. The van der Waals surface area contributed by atoms with Crippen molar-refractivity contribution in [2.24, 2.45) is 17.4 Å². The number of primary amides is 1. The molecule has 0 spiro atoms. The first-order valence-electron chi connectivity index (χ1n) is 9.59. The van der Waals surface area contributed by atoms with Gasteiger partial charge in [-0.05, 0) is 56.8 Å². The van der Waals surface area contributed by atoms with Crippen molar-refractivity contribution in [2.75, 3.05) is 11.9 Å². The molecule has 1 aliphatic carbocycles. The molecule has 2 fully saturated rings. The molecule has 1 heterocycles. The quantitative estimate of drug-likeness (QED) is 0.749. The minimum absolute atomic E-state index is 0.00281. The van der Waals surface area contributed by atoms with E-state index in [1.54, 1.807) is 0 Å². The maximum absolute atomic E-state index is 12.7. The first kappa shape index (κ1) is 18.9. The molecule has 0 bridgehead atoms. The van der Waals surface area contributed by atoms with Crippen molar-refractivity contribution in [1.82, 2.24) is 4.90 Å². The maximum atomic E-state index is 12.7. The normalized spacial score (nSPS) is 29.5. The van der Waals surface area contributed by atoms with Crippen molar-refractivity contribution in [2.45, 2.75) is 63.6 Å². The molecule has 3 unspecified atom stereocenters. The fourth-order valence-electron chi connectivity index (χ4n) is 4.34. The molecule has 3 atom stereocenters. The van der Waals surface area contributed by atoms with Crippen LogP contribution in [0.2, 0.25) is 0 Å². The summed E-state index contributed by atoms with van der Waals surface area (Å²) in [5.74, 6) is -0.410. The van der Waals surface area contributed by atoms with Gasteiger partial charge >= 0.3 is 0 Å². The molecule has 2 amide bonds. The summed E-state index contributed by atoms with van der Waals surface area (Å²) in [5.41, 5.74) is 13.2. The minimum Gasteiger partial charge on any atom is -0.368 e. The lowest BCUT2D eigenvalue weighted by atomic mass is 9.74. The van der Waals surface area contributed by atoms with Gasteiger partial charge in [0.15, 0.2) is 0 Å². The Kier molecular flexibility index (Phi) is 5.63. The Morgan fingerprint density at radius 2 is 2.08 bits per heavy atom. The van der Waals surface area contributed by atoms with E-state index in [1.165, 1.54) is 0 Å². The van der Waals surface area contributed by atoms with Crippen LogP contribution in [-0.2, 0) is 16.1 Å². The summed E-state index contributed by atoms with van der Waals surface area (Å²) in [5, 5.41) is 3.04. The van der Waals surface area contributed by atoms with Crippen molar-refractivity contribution in [3.63, 3.8) is 0 Å². The zero-order valence-corrected chi connectivity index (χ0v) is 15.5. The summed E-state index contributed by atoms with van der Waals surface area (Å²) in [6.07, 6.45) is 5.67. The molecule has 1 aromatic rings. The second kappa shape index (κ2) is 7.76. The van der Waals surface area contributed by atoms with Crippen LogP contribution in [0.4, 0.5) is 5.69 Å². The molecule has 6 nitrogen and oxygen atoms in total. The standard InChI is InChI=1S/C20H30N4O2/c1-20(22)10-3-2-8-16(20)19(26)23-15-7-4-6-14(12-15)13-24-11-5-9-17(24)18(21)25/h4,6-7,12,16-17H,2-3,5,8-11,13,22H2,1H3,(H2,21,25)(H,23,26). The number of nitrogens with one attached hydrogen (secondary N) is 1. The predicted molar refractivity (Wildman–Crippen MR) is 102 cm³/mol. The lowest BCUT2D eigenvalue weighted by molar-refractivity contribution is -0.123. The van der Waals surface area contributed by atoms with Gasteiger partial charge in [0.2, 0.25) is 11.8 Å². The first-order chi connectivity index (χ1) is 12.4. The second-order valence-electron chi connectivity index (χ2n) is 8.02. The summed E-state index contributed by atoms with van der Waals surface area (Å²) < 4.78 is 0. The fraction of sp³-hybridized carbons (Fsp3) is 0.600. The maximum Gasteiger partial charge on any atom is 0.234 e. The molecule has 1 aliphatic heterocycles. The van der Waals surface area contributed by atoms with Gasteiger partial charge in [0.1, 0.15) is 0 Å². The summed E-state index contributed by atoms with van der Waals surface area (Å²) in [7, 11) is 0. The third-order valence-electron chi connectivity index (χ3n) is 5.84. The van der Waals surface area contributed by atoms with Crippen molar-refractivity contribution in [1.29, 1.82) is 0 Å². The van der Waals surface area contributed by atoms with Gasteiger partial charge in [0.25, 0.3) is 0 Å². The van der Waals surface area contributed by atoms with Crippen LogP contribution in [-0.4, -0.2) is 34.8 Å². The smallest absolute Gasteiger partial charge is 0.234 e. The van der Waals surface area contributed by atoms with Crippen LogP contribution in [0.1, 0.15) is 51.0 Å². The van der Waals surface area contributed by atoms with Gasteiger partial charge in [-0.2, -0.15) is 0 Å². The zero-order chi connectivity index (χ0) is 18.7. The van der Waals surface area contributed by atoms with Gasteiger partial charge in [0.05, 0.1) is 12.0 Å². The Labute approximate surface area is 155 Å². The van der Waals surface area contributed by atoms with Crippen molar-refractivity contribution in [3.05, 3.63) is 29.8 Å². The molecule has 5 N–H and O–H groups in total. The van der Waals surface area contributed by atoms with E-state index in [9.17, 15) is 9.59 Å². The Hall–Kier alpha value is -1.92. The molecule has 6 heteroatoms. The molecule has 0 radical (unpaired) electrons. The molecule has 142 valence electrons. The number of nitrogens with two attached hydrogens (primary N) is 2. The highest BCUT2D eigenvalue weighted by atomic mass is 16.2. The van der Waals surface area contributed by atoms with Gasteiger partial charge in [-0.25, -0.2) is 0 Å². The number of hydrogen-bond acceptors (Lipinski definition) is 4. The van der Waals surface area contributed by atoms with Gasteiger partial charge in [-0.1, -0.05) is 25.0 Å². The number of benzene rings is 1. The lowest BCUT2D eigenvalue weighted by Gasteiger charge is -2.37. The van der Waals surface area contributed by atoms with Crippen LogP contribution in [0, 0.1) is 5.92 Å². The summed E-state index contributed by atoms with van der Waals surface area (Å²) in [4.78, 5) is 26.4. The molecular formula is C20H30N4O2. The summed E-state index contributed by atoms with van der Waals surface area (Å²) in [6, 6.07) is 7.63. The first-order valence-corrected chi connectivity index (χ1v) is 9.59. The number of hydrogen-bond donors (Lipinski definition) is 3. The number of amides is 2. The summed E-state index contributed by atoms with van der Waals surface area (Å²) >= 11 is 0. The van der Waals surface area contributed by atoms with Crippen LogP contribution in [0.15, 0.2) is 24.3 Å². The number of carbonyl (C=O) groups excluding carboxylic acids is 2. The van der Waals surface area contributed by atoms with E-state index in [2.05, 4.69) is 10.2 Å². The molecule has 1 saturated heterocycles. The highest BCUT2D eigenvalue weighted by Crippen LogP contribution is 2.32. The molecular weight excluding hydrogens is 328 g/mol. The number of carbonyl (C=O) groups is 2. The molecule has 0 aromatic heterocycles. The molecule has 1 saturated carbocycles. The van der Waals surface area contributed by atoms with Gasteiger partial charge in [-0.15, -0.1) is 0 Å². The van der Waals surface area contributed by atoms with Crippen LogP contribution < -0.4 is 16.8 Å². The minimum atomic E-state index is -0.440. The number of likely N-dealkylation sites (tertiary alicyclic amines) is 1. The Morgan fingerprint density at radius 3 is 2.81 bits per heavy atom. The van der Waals surface area contributed by atoms with Crippen molar-refractivity contribution < 1.29 is 9.59 Å². The molecule has 3 rings (SSSR count).